The van der Waals surface area contributed by atoms with Gasteiger partial charge in [-0.25, -0.2) is 4.98 Å². The average molecular weight is 422 g/mol. The van der Waals surface area contributed by atoms with Gasteiger partial charge in [-0.2, -0.15) is 4.98 Å². The Morgan fingerprint density at radius 1 is 1.13 bits per heavy atom. The molecule has 9 nitrogen and oxygen atoms in total. The summed E-state index contributed by atoms with van der Waals surface area (Å²) in [7, 11) is 1.64. The number of hydrogen-bond donors (Lipinski definition) is 3. The molecule has 1 aliphatic carbocycles. The maximum absolute atomic E-state index is 12.4. The number of hydrogen-bond acceptors (Lipinski definition) is 8. The molecule has 2 heterocycles. The van der Waals surface area contributed by atoms with Crippen LogP contribution in [0.1, 0.15) is 40.3 Å². The molecule has 1 amide bonds. The topological polar surface area (TPSA) is 114 Å². The number of fused-ring (bicyclic) bond motifs is 1. The zero-order chi connectivity index (χ0) is 21.6. The Labute approximate surface area is 180 Å². The molecular weight excluding hydrogens is 396 g/mol. The highest BCUT2D eigenvalue weighted by Crippen LogP contribution is 2.24. The van der Waals surface area contributed by atoms with E-state index in [-0.39, 0.29) is 5.91 Å². The van der Waals surface area contributed by atoms with Crippen LogP contribution in [0.15, 0.2) is 34.9 Å². The molecule has 2 aromatic heterocycles. The second-order valence-corrected chi connectivity index (χ2v) is 7.39. The van der Waals surface area contributed by atoms with Gasteiger partial charge in [-0.3, -0.25) is 4.79 Å². The van der Waals surface area contributed by atoms with E-state index in [1.54, 1.807) is 7.11 Å². The van der Waals surface area contributed by atoms with Gasteiger partial charge in [0.25, 0.3) is 5.91 Å². The van der Waals surface area contributed by atoms with Crippen molar-refractivity contribution in [3.05, 3.63) is 53.0 Å². The summed E-state index contributed by atoms with van der Waals surface area (Å²) in [6, 6.07) is 9.46. The Kier molecular flexibility index (Phi) is 6.30. The minimum absolute atomic E-state index is 0.208. The summed E-state index contributed by atoms with van der Waals surface area (Å²) < 4.78 is 10.5. The quantitative estimate of drug-likeness (QED) is 0.474. The first-order valence-corrected chi connectivity index (χ1v) is 10.4. The molecule has 1 aliphatic rings. The first-order valence-electron chi connectivity index (χ1n) is 10.4. The van der Waals surface area contributed by atoms with E-state index in [2.05, 4.69) is 31.1 Å². The number of carbonyl (C=O) groups is 1. The van der Waals surface area contributed by atoms with E-state index < -0.39 is 0 Å². The predicted octanol–water partition coefficient (Wildman–Crippen LogP) is 3.25. The van der Waals surface area contributed by atoms with Crippen LogP contribution >= 0.6 is 0 Å². The molecule has 0 saturated carbocycles. The molecular formula is C22H26N6O3. The maximum atomic E-state index is 12.4. The van der Waals surface area contributed by atoms with E-state index in [0.717, 1.165) is 54.1 Å². The van der Waals surface area contributed by atoms with Gasteiger partial charge in [-0.05, 0) is 50.5 Å². The molecule has 0 atom stereocenters. The largest absolute Gasteiger partial charge is 0.497 e. The number of aromatic nitrogens is 3. The maximum Gasteiger partial charge on any atom is 0.273 e. The Morgan fingerprint density at radius 3 is 2.74 bits per heavy atom. The minimum Gasteiger partial charge on any atom is -0.497 e. The second-order valence-electron chi connectivity index (χ2n) is 7.39. The van der Waals surface area contributed by atoms with E-state index in [9.17, 15) is 4.79 Å². The normalized spacial score (nSPS) is 12.7. The zero-order valence-corrected chi connectivity index (χ0v) is 17.7. The first kappa shape index (κ1) is 20.6. The highest BCUT2D eigenvalue weighted by Gasteiger charge is 2.23. The lowest BCUT2D eigenvalue weighted by Gasteiger charge is -2.11. The average Bonchev–Trinajstić information content (AvgIpc) is 3.21. The second kappa shape index (κ2) is 9.46. The number of aryl methyl sites for hydroxylation is 2. The van der Waals surface area contributed by atoms with E-state index in [0.29, 0.717) is 30.5 Å². The molecule has 4 rings (SSSR count). The molecule has 0 radical (unpaired) electrons. The van der Waals surface area contributed by atoms with Gasteiger partial charge in [-0.1, -0.05) is 5.16 Å². The number of benzene rings is 1. The van der Waals surface area contributed by atoms with Crippen molar-refractivity contribution in [3.8, 4) is 5.75 Å². The number of nitrogens with one attached hydrogen (secondary N) is 3. The molecule has 31 heavy (non-hydrogen) atoms. The number of amides is 1. The van der Waals surface area contributed by atoms with Crippen LogP contribution in [0, 0.1) is 6.92 Å². The van der Waals surface area contributed by atoms with Crippen LogP contribution in [0.3, 0.4) is 0 Å². The molecule has 3 N–H and O–H groups in total. The lowest BCUT2D eigenvalue weighted by molar-refractivity contribution is 0.0945. The van der Waals surface area contributed by atoms with E-state index in [4.69, 9.17) is 9.26 Å². The molecule has 0 bridgehead atoms. The molecule has 1 aromatic carbocycles. The highest BCUT2D eigenvalue weighted by molar-refractivity contribution is 5.93. The molecule has 3 aromatic rings. The van der Waals surface area contributed by atoms with Crippen molar-refractivity contribution in [2.45, 2.75) is 32.6 Å². The van der Waals surface area contributed by atoms with Crippen LogP contribution in [-0.2, 0) is 12.8 Å². The van der Waals surface area contributed by atoms with E-state index >= 15 is 0 Å². The molecule has 0 fully saturated rings. The first-order chi connectivity index (χ1) is 15.1. The number of nitrogens with zero attached hydrogens (tertiary/aromatic N) is 3. The van der Waals surface area contributed by atoms with Gasteiger partial charge in [0.15, 0.2) is 5.69 Å². The van der Waals surface area contributed by atoms with E-state index in [1.165, 1.54) is 0 Å². The number of anilines is 3. The summed E-state index contributed by atoms with van der Waals surface area (Å²) in [6.45, 7) is 2.80. The standard InChI is InChI=1S/C22H26N6O3/c1-14-13-19(26-15-7-9-16(30-2)10-8-15)27-22(25-14)24-12-11-23-21(29)20-17-5-3-4-6-18(17)31-28-20/h7-10,13H,3-6,11-12H2,1-2H3,(H,23,29)(H2,24,25,26,27). The van der Waals surface area contributed by atoms with Crippen molar-refractivity contribution >= 4 is 23.4 Å². The molecule has 0 spiro atoms. The summed E-state index contributed by atoms with van der Waals surface area (Å²) in [5.41, 5.74) is 3.08. The number of ether oxygens (including phenoxy) is 1. The van der Waals surface area contributed by atoms with Crippen LogP contribution < -0.4 is 20.7 Å². The third-order valence-electron chi connectivity index (χ3n) is 5.08. The van der Waals surface area contributed by atoms with Crippen molar-refractivity contribution in [1.29, 1.82) is 0 Å². The number of carbonyl (C=O) groups excluding carboxylic acids is 1. The van der Waals surface area contributed by atoms with Gasteiger partial charge in [0.1, 0.15) is 17.3 Å². The van der Waals surface area contributed by atoms with E-state index in [1.807, 2.05) is 37.3 Å². The van der Waals surface area contributed by atoms with Gasteiger partial charge >= 0.3 is 0 Å². The van der Waals surface area contributed by atoms with Gasteiger partial charge in [-0.15, -0.1) is 0 Å². The van der Waals surface area contributed by atoms with Crippen molar-refractivity contribution in [1.82, 2.24) is 20.4 Å². The van der Waals surface area contributed by atoms with Crippen LogP contribution in [0.2, 0.25) is 0 Å². The van der Waals surface area contributed by atoms with Crippen LogP contribution in [-0.4, -0.2) is 41.2 Å². The summed E-state index contributed by atoms with van der Waals surface area (Å²) in [4.78, 5) is 21.3. The van der Waals surface area contributed by atoms with Gasteiger partial charge in [0, 0.05) is 42.5 Å². The van der Waals surface area contributed by atoms with Crippen LogP contribution in [0.5, 0.6) is 5.75 Å². The smallest absolute Gasteiger partial charge is 0.273 e. The SMILES string of the molecule is COc1ccc(Nc2cc(C)nc(NCCNC(=O)c3noc4c3CCCC4)n2)cc1. The fraction of sp³-hybridized carbons (Fsp3) is 0.364. The predicted molar refractivity (Wildman–Crippen MR) is 117 cm³/mol. The van der Waals surface area contributed by atoms with Crippen molar-refractivity contribution in [3.63, 3.8) is 0 Å². The highest BCUT2D eigenvalue weighted by atomic mass is 16.5. The molecule has 9 heteroatoms. The fourth-order valence-electron chi connectivity index (χ4n) is 3.53. The third-order valence-corrected chi connectivity index (χ3v) is 5.08. The molecule has 0 saturated heterocycles. The minimum atomic E-state index is -0.208. The van der Waals surface area contributed by atoms with Gasteiger partial charge in [0.2, 0.25) is 5.95 Å². The van der Waals surface area contributed by atoms with Crippen LogP contribution in [0.4, 0.5) is 17.5 Å². The van der Waals surface area contributed by atoms with Crippen LogP contribution in [0.25, 0.3) is 0 Å². The van der Waals surface area contributed by atoms with Crippen molar-refractivity contribution in [2.24, 2.45) is 0 Å². The summed E-state index contributed by atoms with van der Waals surface area (Å²) in [5.74, 6) is 2.60. The molecule has 0 aliphatic heterocycles. The number of methoxy groups -OCH3 is 1. The molecule has 0 unspecified atom stereocenters. The van der Waals surface area contributed by atoms with Gasteiger partial charge in [0.05, 0.1) is 7.11 Å². The Balaban J connectivity index is 1.30. The summed E-state index contributed by atoms with van der Waals surface area (Å²) in [6.07, 6.45) is 3.85. The lowest BCUT2D eigenvalue weighted by Crippen LogP contribution is -2.30. The third kappa shape index (κ3) is 5.11. The monoisotopic (exact) mass is 422 g/mol. The summed E-state index contributed by atoms with van der Waals surface area (Å²) in [5, 5.41) is 13.2. The Morgan fingerprint density at radius 2 is 1.94 bits per heavy atom. The lowest BCUT2D eigenvalue weighted by atomic mass is 9.96. The Bertz CT molecular complexity index is 1050. The van der Waals surface area contributed by atoms with Crippen molar-refractivity contribution < 1.29 is 14.1 Å². The Hall–Kier alpha value is -3.62. The summed E-state index contributed by atoms with van der Waals surface area (Å²) >= 11 is 0. The van der Waals surface area contributed by atoms with Gasteiger partial charge < -0.3 is 25.2 Å². The number of rotatable bonds is 8. The zero-order valence-electron chi connectivity index (χ0n) is 17.7. The fourth-order valence-corrected chi connectivity index (χ4v) is 3.53. The molecule has 162 valence electrons. The van der Waals surface area contributed by atoms with Crippen molar-refractivity contribution in [2.75, 3.05) is 30.8 Å².